The van der Waals surface area contributed by atoms with Gasteiger partial charge in [0.25, 0.3) is 5.91 Å². The number of rotatable bonds is 5. The van der Waals surface area contributed by atoms with Crippen LogP contribution in [0.25, 0.3) is 11.3 Å². The summed E-state index contributed by atoms with van der Waals surface area (Å²) in [4.78, 5) is 28.0. The van der Waals surface area contributed by atoms with Crippen molar-refractivity contribution >= 4 is 11.8 Å². The van der Waals surface area contributed by atoms with Gasteiger partial charge in [0.15, 0.2) is 0 Å². The molecule has 26 heavy (non-hydrogen) atoms. The van der Waals surface area contributed by atoms with Crippen molar-refractivity contribution in [3.63, 3.8) is 0 Å². The number of carbonyl (C=O) groups is 2. The minimum Gasteiger partial charge on any atom is -0.366 e. The average molecular weight is 351 g/mol. The lowest BCUT2D eigenvalue weighted by atomic mass is 9.83. The number of amides is 2. The van der Waals surface area contributed by atoms with Gasteiger partial charge < -0.3 is 11.1 Å². The van der Waals surface area contributed by atoms with E-state index in [9.17, 15) is 9.59 Å². The molecule has 1 aliphatic rings. The molecule has 1 fully saturated rings. The number of hydrogen-bond donors (Lipinski definition) is 2. The van der Waals surface area contributed by atoms with Crippen LogP contribution in [0, 0.1) is 11.8 Å². The SMILES string of the molecule is CC1CCC(CNC(=O)c2ccnc(-c3ccc(C(N)=O)cc3)c2)CC1. The highest BCUT2D eigenvalue weighted by molar-refractivity contribution is 5.95. The summed E-state index contributed by atoms with van der Waals surface area (Å²) in [5.41, 5.74) is 7.84. The lowest BCUT2D eigenvalue weighted by Crippen LogP contribution is -2.31. The summed E-state index contributed by atoms with van der Waals surface area (Å²) >= 11 is 0. The van der Waals surface area contributed by atoms with Gasteiger partial charge in [-0.15, -0.1) is 0 Å². The second-order valence-electron chi connectivity index (χ2n) is 7.21. The normalized spacial score (nSPS) is 19.7. The highest BCUT2D eigenvalue weighted by Gasteiger charge is 2.19. The molecule has 2 amide bonds. The fourth-order valence-electron chi connectivity index (χ4n) is 3.41. The number of carbonyl (C=O) groups excluding carboxylic acids is 2. The molecule has 1 aliphatic carbocycles. The van der Waals surface area contributed by atoms with Gasteiger partial charge >= 0.3 is 0 Å². The second kappa shape index (κ2) is 8.13. The first-order valence-electron chi connectivity index (χ1n) is 9.17. The summed E-state index contributed by atoms with van der Waals surface area (Å²) in [6.07, 6.45) is 6.52. The number of aromatic nitrogens is 1. The van der Waals surface area contributed by atoms with Gasteiger partial charge in [-0.05, 0) is 48.9 Å². The molecule has 0 bridgehead atoms. The van der Waals surface area contributed by atoms with Gasteiger partial charge in [-0.2, -0.15) is 0 Å². The Morgan fingerprint density at radius 3 is 2.42 bits per heavy atom. The zero-order valence-electron chi connectivity index (χ0n) is 15.1. The van der Waals surface area contributed by atoms with E-state index in [4.69, 9.17) is 5.73 Å². The standard InChI is InChI=1S/C21H25N3O2/c1-14-2-4-15(5-3-14)13-24-21(26)18-10-11-23-19(12-18)16-6-8-17(9-7-16)20(22)25/h6-12,14-15H,2-5,13H2,1H3,(H2,22,25)(H,24,26). The van der Waals surface area contributed by atoms with E-state index in [0.717, 1.165) is 18.0 Å². The van der Waals surface area contributed by atoms with E-state index >= 15 is 0 Å². The molecular weight excluding hydrogens is 326 g/mol. The Morgan fingerprint density at radius 2 is 1.77 bits per heavy atom. The largest absolute Gasteiger partial charge is 0.366 e. The number of benzene rings is 1. The molecule has 1 heterocycles. The van der Waals surface area contributed by atoms with Gasteiger partial charge in [0, 0.05) is 29.4 Å². The number of hydrogen-bond acceptors (Lipinski definition) is 3. The molecule has 1 aromatic heterocycles. The molecule has 5 heteroatoms. The quantitative estimate of drug-likeness (QED) is 0.866. The van der Waals surface area contributed by atoms with E-state index in [1.807, 2.05) is 0 Å². The molecule has 0 atom stereocenters. The Morgan fingerprint density at radius 1 is 1.08 bits per heavy atom. The number of nitrogens with two attached hydrogens (primary N) is 1. The summed E-state index contributed by atoms with van der Waals surface area (Å²) in [6, 6.07) is 10.4. The van der Waals surface area contributed by atoms with Crippen LogP contribution in [0.2, 0.25) is 0 Å². The maximum Gasteiger partial charge on any atom is 0.251 e. The number of primary amides is 1. The lowest BCUT2D eigenvalue weighted by molar-refractivity contribution is 0.0940. The lowest BCUT2D eigenvalue weighted by Gasteiger charge is -2.26. The first kappa shape index (κ1) is 18.1. The highest BCUT2D eigenvalue weighted by Crippen LogP contribution is 2.27. The molecule has 2 aromatic rings. The molecule has 0 radical (unpaired) electrons. The van der Waals surface area contributed by atoms with E-state index in [1.165, 1.54) is 25.7 Å². The fourth-order valence-corrected chi connectivity index (χ4v) is 3.41. The van der Waals surface area contributed by atoms with Crippen LogP contribution in [0.4, 0.5) is 0 Å². The molecule has 3 rings (SSSR count). The molecule has 0 saturated heterocycles. The smallest absolute Gasteiger partial charge is 0.251 e. The maximum atomic E-state index is 12.5. The Balaban J connectivity index is 1.64. The average Bonchev–Trinajstić information content (AvgIpc) is 2.67. The number of pyridine rings is 1. The van der Waals surface area contributed by atoms with Crippen LogP contribution >= 0.6 is 0 Å². The van der Waals surface area contributed by atoms with Crippen molar-refractivity contribution in [1.29, 1.82) is 0 Å². The van der Waals surface area contributed by atoms with Crippen molar-refractivity contribution in [1.82, 2.24) is 10.3 Å². The summed E-state index contributed by atoms with van der Waals surface area (Å²) in [5.74, 6) is 0.860. The molecule has 5 nitrogen and oxygen atoms in total. The molecular formula is C21H25N3O2. The van der Waals surface area contributed by atoms with Gasteiger partial charge in [-0.3, -0.25) is 14.6 Å². The minimum atomic E-state index is -0.463. The zero-order chi connectivity index (χ0) is 18.5. The van der Waals surface area contributed by atoms with Crippen LogP contribution in [0.3, 0.4) is 0 Å². The van der Waals surface area contributed by atoms with Gasteiger partial charge in [0.2, 0.25) is 5.91 Å². The van der Waals surface area contributed by atoms with E-state index in [0.29, 0.717) is 22.7 Å². The first-order valence-corrected chi connectivity index (χ1v) is 9.17. The van der Waals surface area contributed by atoms with Crippen molar-refractivity contribution in [3.8, 4) is 11.3 Å². The van der Waals surface area contributed by atoms with Gasteiger partial charge in [0.05, 0.1) is 5.69 Å². The zero-order valence-corrected chi connectivity index (χ0v) is 15.1. The summed E-state index contributed by atoms with van der Waals surface area (Å²) < 4.78 is 0. The third-order valence-corrected chi connectivity index (χ3v) is 5.17. The van der Waals surface area contributed by atoms with Crippen LogP contribution in [0.1, 0.15) is 53.3 Å². The summed E-state index contributed by atoms with van der Waals surface area (Å²) in [7, 11) is 0. The predicted octanol–water partition coefficient (Wildman–Crippen LogP) is 3.40. The topological polar surface area (TPSA) is 85.1 Å². The third-order valence-electron chi connectivity index (χ3n) is 5.17. The van der Waals surface area contributed by atoms with Crippen molar-refractivity contribution in [2.45, 2.75) is 32.6 Å². The van der Waals surface area contributed by atoms with Crippen molar-refractivity contribution in [2.75, 3.05) is 6.54 Å². The molecule has 0 aliphatic heterocycles. The highest BCUT2D eigenvalue weighted by atomic mass is 16.2. The van der Waals surface area contributed by atoms with E-state index in [-0.39, 0.29) is 5.91 Å². The van der Waals surface area contributed by atoms with Crippen LogP contribution in [0.15, 0.2) is 42.6 Å². The van der Waals surface area contributed by atoms with E-state index in [1.54, 1.807) is 42.6 Å². The number of nitrogens with one attached hydrogen (secondary N) is 1. The molecule has 0 spiro atoms. The van der Waals surface area contributed by atoms with Crippen molar-refractivity contribution in [2.24, 2.45) is 17.6 Å². The van der Waals surface area contributed by atoms with E-state index in [2.05, 4.69) is 17.2 Å². The molecule has 1 saturated carbocycles. The third kappa shape index (κ3) is 4.48. The number of nitrogens with zero attached hydrogens (tertiary/aromatic N) is 1. The van der Waals surface area contributed by atoms with Crippen LogP contribution in [0.5, 0.6) is 0 Å². The van der Waals surface area contributed by atoms with Gasteiger partial charge in [-0.25, -0.2) is 0 Å². The maximum absolute atomic E-state index is 12.5. The Hall–Kier alpha value is -2.69. The van der Waals surface area contributed by atoms with Gasteiger partial charge in [0.1, 0.15) is 0 Å². The monoisotopic (exact) mass is 351 g/mol. The molecule has 0 unspecified atom stereocenters. The van der Waals surface area contributed by atoms with Crippen molar-refractivity contribution in [3.05, 3.63) is 53.7 Å². The first-order chi connectivity index (χ1) is 12.5. The second-order valence-corrected chi connectivity index (χ2v) is 7.21. The van der Waals surface area contributed by atoms with Crippen molar-refractivity contribution < 1.29 is 9.59 Å². The van der Waals surface area contributed by atoms with Crippen LogP contribution < -0.4 is 11.1 Å². The summed E-state index contributed by atoms with van der Waals surface area (Å²) in [5, 5.41) is 3.06. The molecule has 136 valence electrons. The summed E-state index contributed by atoms with van der Waals surface area (Å²) in [6.45, 7) is 3.03. The Labute approximate surface area is 154 Å². The molecule has 1 aromatic carbocycles. The van der Waals surface area contributed by atoms with Crippen LogP contribution in [-0.4, -0.2) is 23.3 Å². The Kier molecular flexibility index (Phi) is 5.66. The fraction of sp³-hybridized carbons (Fsp3) is 0.381. The minimum absolute atomic E-state index is 0.0685. The predicted molar refractivity (Wildman–Crippen MR) is 102 cm³/mol. The van der Waals surface area contributed by atoms with E-state index < -0.39 is 5.91 Å². The van der Waals surface area contributed by atoms with Crippen LogP contribution in [-0.2, 0) is 0 Å². The molecule has 3 N–H and O–H groups in total. The Bertz CT molecular complexity index is 778. The van der Waals surface area contributed by atoms with Gasteiger partial charge in [-0.1, -0.05) is 31.9 Å².